The van der Waals surface area contributed by atoms with Crippen LogP contribution in [0.15, 0.2) is 10.2 Å². The van der Waals surface area contributed by atoms with Crippen LogP contribution in [-0.4, -0.2) is 90.5 Å². The zero-order chi connectivity index (χ0) is 32.8. The minimum atomic E-state index is -1.24. The molecular weight excluding hydrogens is 566 g/mol. The number of guanidine groups is 1. The van der Waals surface area contributed by atoms with Gasteiger partial charge in [0.25, 0.3) is 0 Å². The molecule has 14 N–H and O–H groups in total. The average molecular weight is 614 g/mol. The van der Waals surface area contributed by atoms with Crippen molar-refractivity contribution >= 4 is 35.6 Å². The number of carbonyl (C=O) groups is 5. The Labute approximate surface area is 250 Å². The third-order valence-electron chi connectivity index (χ3n) is 6.15. The van der Waals surface area contributed by atoms with Crippen LogP contribution in [-0.2, 0) is 24.0 Å². The first-order valence-corrected chi connectivity index (χ1v) is 14.1. The molecule has 0 aliphatic rings. The quantitative estimate of drug-likeness (QED) is 0.0110. The number of nitrogens with one attached hydrogen (secondary N) is 5. The van der Waals surface area contributed by atoms with Crippen molar-refractivity contribution in [3.05, 3.63) is 10.4 Å². The van der Waals surface area contributed by atoms with Gasteiger partial charge in [-0.2, -0.15) is 4.91 Å². The van der Waals surface area contributed by atoms with Gasteiger partial charge in [-0.25, -0.2) is 0 Å². The Kier molecular flexibility index (Phi) is 20.0. The number of rotatable bonds is 23. The van der Waals surface area contributed by atoms with Crippen molar-refractivity contribution in [2.24, 2.45) is 33.2 Å². The highest BCUT2D eigenvalue weighted by molar-refractivity contribution is 5.95. The van der Waals surface area contributed by atoms with Gasteiger partial charge in [0.2, 0.25) is 23.6 Å². The van der Waals surface area contributed by atoms with Crippen LogP contribution in [0.5, 0.6) is 0 Å². The van der Waals surface area contributed by atoms with Crippen molar-refractivity contribution in [3.8, 4) is 0 Å². The molecular formula is C24H47N13O6. The summed E-state index contributed by atoms with van der Waals surface area (Å²) in [5.74, 6) is -4.00. The lowest BCUT2D eigenvalue weighted by Gasteiger charge is -2.24. The Hall–Kier alpha value is -4.35. The molecule has 0 spiro atoms. The lowest BCUT2D eigenvalue weighted by molar-refractivity contribution is -0.141. The molecule has 19 heteroatoms. The minimum absolute atomic E-state index is 0.128. The normalized spacial score (nSPS) is 14.0. The fourth-order valence-electron chi connectivity index (χ4n) is 3.65. The number of hydrogen-bond donors (Lipinski definition) is 10. The maximum Gasteiger partial charge on any atom is 0.325 e. The second kappa shape index (κ2) is 22.3. The van der Waals surface area contributed by atoms with Gasteiger partial charge in [-0.1, -0.05) is 0 Å². The third kappa shape index (κ3) is 17.9. The van der Waals surface area contributed by atoms with E-state index >= 15 is 0 Å². The van der Waals surface area contributed by atoms with Crippen LogP contribution in [0.1, 0.15) is 65.2 Å². The Morgan fingerprint density at radius 2 is 1.35 bits per heavy atom. The monoisotopic (exact) mass is 613 g/mol. The number of carboxylic acid groups (broad SMARTS) is 1. The first kappa shape index (κ1) is 38.6. The van der Waals surface area contributed by atoms with Gasteiger partial charge in [-0.05, 0) is 77.0 Å². The van der Waals surface area contributed by atoms with E-state index in [1.807, 2.05) is 0 Å². The van der Waals surface area contributed by atoms with Crippen LogP contribution >= 0.6 is 0 Å². The summed E-state index contributed by atoms with van der Waals surface area (Å²) in [5.41, 5.74) is 32.9. The predicted molar refractivity (Wildman–Crippen MR) is 158 cm³/mol. The van der Waals surface area contributed by atoms with Crippen molar-refractivity contribution in [2.45, 2.75) is 95.4 Å². The first-order chi connectivity index (χ1) is 20.3. The number of unbranched alkanes of at least 4 members (excludes halogenated alkanes) is 2. The molecule has 43 heavy (non-hydrogen) atoms. The van der Waals surface area contributed by atoms with Crippen molar-refractivity contribution in [3.63, 3.8) is 0 Å². The number of azide groups is 1. The summed E-state index contributed by atoms with van der Waals surface area (Å²) in [6.45, 7) is 3.66. The van der Waals surface area contributed by atoms with E-state index in [0.717, 1.165) is 0 Å². The van der Waals surface area contributed by atoms with Gasteiger partial charge in [0, 0.05) is 6.54 Å². The van der Waals surface area contributed by atoms with Crippen LogP contribution in [0.2, 0.25) is 0 Å². The fraction of sp³-hybridized carbons (Fsp3) is 0.750. The van der Waals surface area contributed by atoms with Gasteiger partial charge in [0.1, 0.15) is 24.2 Å². The zero-order valence-electron chi connectivity index (χ0n) is 24.8. The Bertz CT molecular complexity index is 985. The van der Waals surface area contributed by atoms with Gasteiger partial charge in [0.05, 0.1) is 12.6 Å². The largest absolute Gasteiger partial charge is 0.480 e. The summed E-state index contributed by atoms with van der Waals surface area (Å²) in [7, 11) is 0. The van der Waals surface area contributed by atoms with E-state index in [-0.39, 0.29) is 25.3 Å². The molecule has 0 aromatic rings. The van der Waals surface area contributed by atoms with Crippen LogP contribution < -0.4 is 49.6 Å². The van der Waals surface area contributed by atoms with Crippen molar-refractivity contribution in [2.75, 3.05) is 19.6 Å². The average Bonchev–Trinajstić information content (AvgIpc) is 2.95. The third-order valence-corrected chi connectivity index (χ3v) is 6.15. The van der Waals surface area contributed by atoms with Crippen LogP contribution in [0.4, 0.5) is 0 Å². The molecule has 0 radical (unpaired) electrons. The molecule has 0 unspecified atom stereocenters. The summed E-state index contributed by atoms with van der Waals surface area (Å²) in [6, 6.07) is -5.36. The summed E-state index contributed by atoms with van der Waals surface area (Å²) in [5, 5.41) is 22.3. The molecule has 0 fully saturated rings. The number of nitrogens with zero attached hydrogens (tertiary/aromatic N) is 4. The molecule has 0 saturated carbocycles. The topological polar surface area (TPSA) is 331 Å². The van der Waals surface area contributed by atoms with Gasteiger partial charge in [0.15, 0.2) is 5.96 Å². The van der Waals surface area contributed by atoms with Crippen LogP contribution in [0, 0.1) is 0 Å². The summed E-state index contributed by atoms with van der Waals surface area (Å²) in [6.07, 6.45) is 3.17. The van der Waals surface area contributed by atoms with Gasteiger partial charge in [-0.15, -0.1) is 5.53 Å². The van der Waals surface area contributed by atoms with Gasteiger partial charge < -0.3 is 49.3 Å². The first-order valence-electron chi connectivity index (χ1n) is 14.1. The van der Waals surface area contributed by atoms with Crippen LogP contribution in [0.3, 0.4) is 0 Å². The van der Waals surface area contributed by atoms with E-state index < -0.39 is 59.8 Å². The minimum Gasteiger partial charge on any atom is -0.480 e. The molecule has 0 aliphatic heterocycles. The highest BCUT2D eigenvalue weighted by Crippen LogP contribution is 2.05. The zero-order valence-corrected chi connectivity index (χ0v) is 24.8. The van der Waals surface area contributed by atoms with E-state index in [4.69, 9.17) is 33.6 Å². The van der Waals surface area contributed by atoms with Crippen molar-refractivity contribution < 1.29 is 29.1 Å². The maximum absolute atomic E-state index is 13.1. The van der Waals surface area contributed by atoms with Crippen molar-refractivity contribution in [1.82, 2.24) is 26.7 Å². The number of amides is 4. The fourth-order valence-corrected chi connectivity index (χ4v) is 3.65. The Balaban J connectivity index is 5.35. The van der Waals surface area contributed by atoms with Crippen molar-refractivity contribution in [1.29, 1.82) is 0 Å². The van der Waals surface area contributed by atoms with E-state index in [2.05, 4.69) is 41.8 Å². The second-order valence-corrected chi connectivity index (χ2v) is 9.85. The highest BCUT2D eigenvalue weighted by atomic mass is 16.4. The molecule has 0 rings (SSSR count). The number of aliphatic imine (C=N–C) groups is 1. The van der Waals surface area contributed by atoms with E-state index in [9.17, 15) is 24.0 Å². The lowest BCUT2D eigenvalue weighted by Crippen LogP contribution is -2.57. The Morgan fingerprint density at radius 1 is 0.791 bits per heavy atom. The number of nitrogens with two attached hydrogens (primary N) is 4. The molecule has 0 saturated heterocycles. The predicted octanol–water partition coefficient (Wildman–Crippen LogP) is -2.45. The smallest absolute Gasteiger partial charge is 0.325 e. The molecule has 0 aromatic carbocycles. The summed E-state index contributed by atoms with van der Waals surface area (Å²) < 4.78 is 0. The molecule has 19 nitrogen and oxygen atoms in total. The van der Waals surface area contributed by atoms with E-state index in [0.29, 0.717) is 51.6 Å². The summed E-state index contributed by atoms with van der Waals surface area (Å²) in [4.78, 5) is 69.0. The molecule has 244 valence electrons. The molecule has 0 aromatic heterocycles. The number of carbonyl (C=O) groups excluding carboxylic acids is 4. The molecule has 0 heterocycles. The van der Waals surface area contributed by atoms with E-state index in [1.165, 1.54) is 13.8 Å². The SMILES string of the molecule is C[C@H](NC(=O)[C@H](CCCCN)NC(=O)[C@H](C)NC(=O)[C@H](CCCN=C(N)N)NC(=O)[C@@H](N)CCCCNN=[N+]=[N-])C(=O)O. The highest BCUT2D eigenvalue weighted by Gasteiger charge is 2.29. The molecule has 0 bridgehead atoms. The number of hydrogen-bond acceptors (Lipinski definition) is 9. The molecule has 5 atom stereocenters. The lowest BCUT2D eigenvalue weighted by atomic mass is 10.1. The van der Waals surface area contributed by atoms with Gasteiger partial charge in [-0.3, -0.25) is 34.4 Å². The van der Waals surface area contributed by atoms with E-state index in [1.54, 1.807) is 0 Å². The second-order valence-electron chi connectivity index (χ2n) is 9.85. The molecule has 0 aliphatic carbocycles. The summed E-state index contributed by atoms with van der Waals surface area (Å²) >= 11 is 0. The Morgan fingerprint density at radius 3 is 1.91 bits per heavy atom. The number of carboxylic acids is 1. The molecule has 4 amide bonds. The van der Waals surface area contributed by atoms with Gasteiger partial charge >= 0.3 is 5.97 Å². The maximum atomic E-state index is 13.1. The van der Waals surface area contributed by atoms with Crippen LogP contribution in [0.25, 0.3) is 10.4 Å². The standard InChI is InChI=1S/C24H47N13O6/c1-14(19(38)34-17(9-3-5-11-25)22(41)33-15(2)23(42)43)32-21(40)18(10-7-12-30-24(27)28)35-20(39)16(26)8-4-6-13-31-37-36-29/h14-18,31H,3-13,25-26H2,1-2H3,(H,32,40)(H,33,41)(H,34,38)(H,35,39)(H,42,43)(H4,27,28,30)/t14-,15-,16-,17-,18-/m0/s1. The number of aliphatic carboxylic acids is 1.